The van der Waals surface area contributed by atoms with E-state index in [1.165, 1.54) is 18.1 Å². The number of nitrogens with one attached hydrogen (secondary N) is 1. The normalized spacial score (nSPS) is 12.1. The molecule has 0 heterocycles. The van der Waals surface area contributed by atoms with Crippen molar-refractivity contribution < 1.29 is 22.7 Å². The molecule has 1 unspecified atom stereocenters. The van der Waals surface area contributed by atoms with E-state index in [-0.39, 0.29) is 12.5 Å². The number of carbonyl (C=O) groups is 2. The lowest BCUT2D eigenvalue weighted by molar-refractivity contribution is -0.139. The Morgan fingerprint density at radius 1 is 1.12 bits per heavy atom. The van der Waals surface area contributed by atoms with Crippen LogP contribution in [-0.2, 0) is 26.2 Å². The Morgan fingerprint density at radius 3 is 2.27 bits per heavy atom. The average molecular weight is 516 g/mol. The van der Waals surface area contributed by atoms with Crippen LogP contribution < -0.4 is 14.4 Å². The lowest BCUT2D eigenvalue weighted by Crippen LogP contribution is -2.51. The summed E-state index contributed by atoms with van der Waals surface area (Å²) in [5.74, 6) is -0.394. The van der Waals surface area contributed by atoms with Crippen molar-refractivity contribution in [2.45, 2.75) is 26.4 Å². The van der Waals surface area contributed by atoms with Gasteiger partial charge in [0.2, 0.25) is 21.8 Å². The van der Waals surface area contributed by atoms with E-state index in [0.717, 1.165) is 10.6 Å². The number of carbonyl (C=O) groups excluding carboxylic acids is 2. The number of amides is 2. The average Bonchev–Trinajstić information content (AvgIpc) is 2.76. The summed E-state index contributed by atoms with van der Waals surface area (Å²) >= 11 is 12.3. The fourth-order valence-electron chi connectivity index (χ4n) is 3.10. The molecule has 0 aliphatic rings. The second-order valence-electron chi connectivity index (χ2n) is 7.30. The third kappa shape index (κ3) is 7.25. The molecule has 0 saturated carbocycles. The topological polar surface area (TPSA) is 96.0 Å². The molecule has 11 heteroatoms. The molecule has 1 N–H and O–H groups in total. The molecule has 0 aliphatic carbocycles. The molecule has 2 aromatic carbocycles. The monoisotopic (exact) mass is 515 g/mol. The number of ether oxygens (including phenoxy) is 1. The first-order chi connectivity index (χ1) is 15.5. The second-order valence-corrected chi connectivity index (χ2v) is 10.0. The van der Waals surface area contributed by atoms with Gasteiger partial charge in [-0.1, -0.05) is 29.3 Å². The van der Waals surface area contributed by atoms with Gasteiger partial charge in [0.1, 0.15) is 18.3 Å². The molecule has 2 aromatic rings. The van der Waals surface area contributed by atoms with Gasteiger partial charge in [-0.2, -0.15) is 0 Å². The number of hydrogen-bond acceptors (Lipinski definition) is 5. The standard InChI is InChI=1S/C22H27Cl2N3O5S/c1-5-25-22(29)15(2)26(13-16-6-7-17(23)12-20(16)24)21(28)14-27(33(4,30)31)18-8-10-19(32-3)11-9-18/h6-12,15H,5,13-14H2,1-4H3,(H,25,29). The SMILES string of the molecule is CCNC(=O)C(C)N(Cc1ccc(Cl)cc1Cl)C(=O)CN(c1ccc(OC)cc1)S(C)(=O)=O. The van der Waals surface area contributed by atoms with Crippen molar-refractivity contribution >= 4 is 50.7 Å². The molecule has 0 bridgehead atoms. The predicted molar refractivity (Wildman–Crippen MR) is 130 cm³/mol. The summed E-state index contributed by atoms with van der Waals surface area (Å²) in [4.78, 5) is 27.2. The van der Waals surface area contributed by atoms with Gasteiger partial charge in [0.15, 0.2) is 0 Å². The van der Waals surface area contributed by atoms with Crippen molar-refractivity contribution in [2.24, 2.45) is 0 Å². The number of sulfonamides is 1. The molecule has 8 nitrogen and oxygen atoms in total. The Hall–Kier alpha value is -2.49. The molecule has 180 valence electrons. The maximum absolute atomic E-state index is 13.4. The van der Waals surface area contributed by atoms with Crippen LogP contribution in [0.15, 0.2) is 42.5 Å². The molecular formula is C22H27Cl2N3O5S. The molecule has 2 rings (SSSR count). The number of nitrogens with zero attached hydrogens (tertiary/aromatic N) is 2. The second kappa shape index (κ2) is 11.6. The molecule has 1 atom stereocenters. The zero-order valence-electron chi connectivity index (χ0n) is 18.8. The summed E-state index contributed by atoms with van der Waals surface area (Å²) in [6, 6.07) is 10.2. The first kappa shape index (κ1) is 26.8. The Bertz CT molecular complexity index is 1090. The van der Waals surface area contributed by atoms with E-state index in [4.69, 9.17) is 27.9 Å². The minimum Gasteiger partial charge on any atom is -0.497 e. The summed E-state index contributed by atoms with van der Waals surface area (Å²) in [5, 5.41) is 3.45. The third-order valence-electron chi connectivity index (χ3n) is 4.91. The highest BCUT2D eigenvalue weighted by Gasteiger charge is 2.30. The molecule has 0 saturated heterocycles. The van der Waals surface area contributed by atoms with E-state index in [0.29, 0.717) is 33.6 Å². The van der Waals surface area contributed by atoms with Crippen LogP contribution in [-0.4, -0.2) is 57.6 Å². The van der Waals surface area contributed by atoms with E-state index >= 15 is 0 Å². The van der Waals surface area contributed by atoms with Gasteiger partial charge in [0.25, 0.3) is 0 Å². The van der Waals surface area contributed by atoms with E-state index in [2.05, 4.69) is 5.32 Å². The van der Waals surface area contributed by atoms with Gasteiger partial charge < -0.3 is 15.0 Å². The summed E-state index contributed by atoms with van der Waals surface area (Å²) in [7, 11) is -2.31. The minimum absolute atomic E-state index is 0.00660. The van der Waals surface area contributed by atoms with Gasteiger partial charge in [0.05, 0.1) is 19.1 Å². The first-order valence-electron chi connectivity index (χ1n) is 10.1. The minimum atomic E-state index is -3.81. The number of benzene rings is 2. The first-order valence-corrected chi connectivity index (χ1v) is 12.7. The van der Waals surface area contributed by atoms with Crippen molar-refractivity contribution in [3.63, 3.8) is 0 Å². The summed E-state index contributed by atoms with van der Waals surface area (Å²) in [6.07, 6.45) is 1.01. The van der Waals surface area contributed by atoms with Crippen LogP contribution in [0, 0.1) is 0 Å². The Balaban J connectivity index is 2.40. The zero-order chi connectivity index (χ0) is 24.8. The highest BCUT2D eigenvalue weighted by atomic mass is 35.5. The van der Waals surface area contributed by atoms with Crippen LogP contribution in [0.5, 0.6) is 5.75 Å². The van der Waals surface area contributed by atoms with Crippen LogP contribution in [0.25, 0.3) is 0 Å². The molecule has 33 heavy (non-hydrogen) atoms. The lowest BCUT2D eigenvalue weighted by Gasteiger charge is -2.31. The van der Waals surface area contributed by atoms with Crippen molar-refractivity contribution in [2.75, 3.05) is 30.8 Å². The molecule has 0 fully saturated rings. The molecule has 0 aliphatic heterocycles. The smallest absolute Gasteiger partial charge is 0.244 e. The van der Waals surface area contributed by atoms with E-state index in [1.807, 2.05) is 0 Å². The van der Waals surface area contributed by atoms with Gasteiger partial charge >= 0.3 is 0 Å². The van der Waals surface area contributed by atoms with Crippen molar-refractivity contribution in [3.05, 3.63) is 58.1 Å². The maximum Gasteiger partial charge on any atom is 0.244 e. The lowest BCUT2D eigenvalue weighted by atomic mass is 10.1. The highest BCUT2D eigenvalue weighted by molar-refractivity contribution is 7.92. The number of anilines is 1. The summed E-state index contributed by atoms with van der Waals surface area (Å²) in [6.45, 7) is 3.22. The van der Waals surface area contributed by atoms with E-state index in [1.54, 1.807) is 50.2 Å². The van der Waals surface area contributed by atoms with Crippen molar-refractivity contribution in [1.82, 2.24) is 10.2 Å². The number of methoxy groups -OCH3 is 1. The van der Waals surface area contributed by atoms with Crippen LogP contribution in [0.2, 0.25) is 10.0 Å². The van der Waals surface area contributed by atoms with Crippen LogP contribution in [0.3, 0.4) is 0 Å². The quantitative estimate of drug-likeness (QED) is 0.523. The number of likely N-dealkylation sites (N-methyl/N-ethyl adjacent to an activating group) is 1. The van der Waals surface area contributed by atoms with Gasteiger partial charge in [-0.25, -0.2) is 8.42 Å². The van der Waals surface area contributed by atoms with E-state index < -0.39 is 28.5 Å². The Kier molecular flexibility index (Phi) is 9.39. The third-order valence-corrected chi connectivity index (χ3v) is 6.64. The Labute approximate surface area is 204 Å². The largest absolute Gasteiger partial charge is 0.497 e. The highest BCUT2D eigenvalue weighted by Crippen LogP contribution is 2.25. The molecule has 2 amide bonds. The summed E-state index contributed by atoms with van der Waals surface area (Å²) < 4.78 is 31.1. The predicted octanol–water partition coefficient (Wildman–Crippen LogP) is 3.32. The molecule has 0 radical (unpaired) electrons. The van der Waals surface area contributed by atoms with Gasteiger partial charge in [0, 0.05) is 23.1 Å². The van der Waals surface area contributed by atoms with Crippen LogP contribution in [0.1, 0.15) is 19.4 Å². The van der Waals surface area contributed by atoms with Crippen molar-refractivity contribution in [1.29, 1.82) is 0 Å². The van der Waals surface area contributed by atoms with Gasteiger partial charge in [-0.05, 0) is 55.8 Å². The summed E-state index contributed by atoms with van der Waals surface area (Å²) in [5.41, 5.74) is 0.864. The number of halogens is 2. The molecular weight excluding hydrogens is 489 g/mol. The zero-order valence-corrected chi connectivity index (χ0v) is 21.2. The maximum atomic E-state index is 13.4. The fourth-order valence-corrected chi connectivity index (χ4v) is 4.42. The molecule has 0 spiro atoms. The molecule has 0 aromatic heterocycles. The van der Waals surface area contributed by atoms with Crippen LogP contribution >= 0.6 is 23.2 Å². The number of rotatable bonds is 10. The van der Waals surface area contributed by atoms with E-state index in [9.17, 15) is 18.0 Å². The number of hydrogen-bond donors (Lipinski definition) is 1. The Morgan fingerprint density at radius 2 is 1.76 bits per heavy atom. The van der Waals surface area contributed by atoms with Gasteiger partial charge in [-0.15, -0.1) is 0 Å². The van der Waals surface area contributed by atoms with Gasteiger partial charge in [-0.3, -0.25) is 13.9 Å². The fraction of sp³-hybridized carbons (Fsp3) is 0.364. The van der Waals surface area contributed by atoms with Crippen LogP contribution in [0.4, 0.5) is 5.69 Å². The van der Waals surface area contributed by atoms with Crippen molar-refractivity contribution in [3.8, 4) is 5.75 Å².